The molecule has 0 aromatic carbocycles. The molecule has 4 heteroatoms. The van der Waals surface area contributed by atoms with Gasteiger partial charge < -0.3 is 14.8 Å². The van der Waals surface area contributed by atoms with Gasteiger partial charge >= 0.3 is 0 Å². The Hall–Kier alpha value is -0.870. The largest absolute Gasteiger partial charge is 0.330 e. The molecule has 2 fully saturated rings. The third kappa shape index (κ3) is 3.23. The molecule has 112 valence electrons. The molecule has 1 N–H and O–H groups in total. The summed E-state index contributed by atoms with van der Waals surface area (Å²) in [6.07, 6.45) is 10.9. The van der Waals surface area contributed by atoms with Gasteiger partial charge in [-0.05, 0) is 52.2 Å². The molecule has 20 heavy (non-hydrogen) atoms. The monoisotopic (exact) mass is 276 g/mol. The Balaban J connectivity index is 1.64. The van der Waals surface area contributed by atoms with E-state index in [1.165, 1.54) is 64.0 Å². The smallest absolute Gasteiger partial charge is 0.0951 e. The van der Waals surface area contributed by atoms with E-state index in [4.69, 9.17) is 0 Å². The molecule has 0 bridgehead atoms. The zero-order valence-electron chi connectivity index (χ0n) is 12.7. The van der Waals surface area contributed by atoms with Gasteiger partial charge in [0, 0.05) is 36.9 Å². The highest BCUT2D eigenvalue weighted by molar-refractivity contribution is 5.09. The van der Waals surface area contributed by atoms with Crippen molar-refractivity contribution in [3.8, 4) is 0 Å². The molecule has 1 aromatic rings. The fraction of sp³-hybridized carbons (Fsp3) is 0.812. The van der Waals surface area contributed by atoms with E-state index in [-0.39, 0.29) is 0 Å². The number of nitrogens with one attached hydrogen (secondary N) is 1. The van der Waals surface area contributed by atoms with Crippen LogP contribution in [-0.4, -0.2) is 47.2 Å². The van der Waals surface area contributed by atoms with E-state index in [1.54, 1.807) is 0 Å². The van der Waals surface area contributed by atoms with Crippen molar-refractivity contribution in [2.75, 3.05) is 32.7 Å². The SMILES string of the molecule is CC(CN1CCCCC1)n1cncc1C1CCCNC1. The lowest BCUT2D eigenvalue weighted by Crippen LogP contribution is -2.35. The van der Waals surface area contributed by atoms with Crippen LogP contribution in [-0.2, 0) is 0 Å². The van der Waals surface area contributed by atoms with Gasteiger partial charge in [-0.15, -0.1) is 0 Å². The van der Waals surface area contributed by atoms with E-state index in [0.29, 0.717) is 12.0 Å². The molecular weight excluding hydrogens is 248 g/mol. The Morgan fingerprint density at radius 3 is 2.90 bits per heavy atom. The minimum atomic E-state index is 0.535. The van der Waals surface area contributed by atoms with Gasteiger partial charge in [-0.2, -0.15) is 0 Å². The summed E-state index contributed by atoms with van der Waals surface area (Å²) in [5.41, 5.74) is 1.43. The van der Waals surface area contributed by atoms with E-state index in [2.05, 4.69) is 32.9 Å². The van der Waals surface area contributed by atoms with Crippen molar-refractivity contribution < 1.29 is 0 Å². The molecule has 2 atom stereocenters. The molecule has 0 radical (unpaired) electrons. The van der Waals surface area contributed by atoms with Gasteiger partial charge in [0.15, 0.2) is 0 Å². The molecular formula is C16H28N4. The second kappa shape index (κ2) is 6.72. The Bertz CT molecular complexity index is 402. The van der Waals surface area contributed by atoms with Crippen LogP contribution in [0.15, 0.2) is 12.5 Å². The lowest BCUT2D eigenvalue weighted by molar-refractivity contribution is 0.200. The molecule has 4 nitrogen and oxygen atoms in total. The molecule has 2 saturated heterocycles. The number of hydrogen-bond acceptors (Lipinski definition) is 3. The van der Waals surface area contributed by atoms with E-state index >= 15 is 0 Å². The molecule has 0 spiro atoms. The summed E-state index contributed by atoms with van der Waals surface area (Å²) < 4.78 is 2.42. The maximum atomic E-state index is 4.43. The predicted octanol–water partition coefficient (Wildman–Crippen LogP) is 2.40. The number of piperidine rings is 2. The van der Waals surface area contributed by atoms with Crippen LogP contribution < -0.4 is 5.32 Å². The van der Waals surface area contributed by atoms with Crippen molar-refractivity contribution in [3.05, 3.63) is 18.2 Å². The normalized spacial score (nSPS) is 26.6. The summed E-state index contributed by atoms with van der Waals surface area (Å²) in [7, 11) is 0. The minimum Gasteiger partial charge on any atom is -0.330 e. The molecule has 1 aromatic heterocycles. The highest BCUT2D eigenvalue weighted by Gasteiger charge is 2.22. The van der Waals surface area contributed by atoms with Gasteiger partial charge in [-0.1, -0.05) is 6.42 Å². The number of likely N-dealkylation sites (tertiary alicyclic amines) is 1. The van der Waals surface area contributed by atoms with Gasteiger partial charge in [0.05, 0.1) is 6.33 Å². The van der Waals surface area contributed by atoms with Crippen LogP contribution in [0.4, 0.5) is 0 Å². The molecule has 0 saturated carbocycles. The van der Waals surface area contributed by atoms with Crippen LogP contribution in [0, 0.1) is 0 Å². The molecule has 2 aliphatic heterocycles. The van der Waals surface area contributed by atoms with Crippen LogP contribution >= 0.6 is 0 Å². The van der Waals surface area contributed by atoms with Crippen molar-refractivity contribution in [1.82, 2.24) is 19.8 Å². The first-order valence-electron chi connectivity index (χ1n) is 8.29. The van der Waals surface area contributed by atoms with Crippen LogP contribution in [0.2, 0.25) is 0 Å². The standard InChI is InChI=1S/C16H28N4/c1-14(12-19-8-3-2-4-9-19)20-13-18-11-16(20)15-6-5-7-17-10-15/h11,13-15,17H,2-10,12H2,1H3. The van der Waals surface area contributed by atoms with Crippen molar-refractivity contribution in [2.24, 2.45) is 0 Å². The summed E-state index contributed by atoms with van der Waals surface area (Å²) in [6.45, 7) is 8.36. The Kier molecular flexibility index (Phi) is 4.73. The van der Waals surface area contributed by atoms with E-state index in [1.807, 2.05) is 6.33 Å². The molecule has 3 rings (SSSR count). The lowest BCUT2D eigenvalue weighted by atomic mass is 9.96. The lowest BCUT2D eigenvalue weighted by Gasteiger charge is -2.31. The van der Waals surface area contributed by atoms with Crippen molar-refractivity contribution >= 4 is 0 Å². The van der Waals surface area contributed by atoms with Gasteiger partial charge in [0.1, 0.15) is 0 Å². The summed E-state index contributed by atoms with van der Waals surface area (Å²) in [5.74, 6) is 0.648. The average Bonchev–Trinajstić information content (AvgIpc) is 2.99. The number of rotatable bonds is 4. The average molecular weight is 276 g/mol. The summed E-state index contributed by atoms with van der Waals surface area (Å²) >= 11 is 0. The zero-order chi connectivity index (χ0) is 13.8. The first-order valence-corrected chi connectivity index (χ1v) is 8.29. The van der Waals surface area contributed by atoms with Crippen molar-refractivity contribution in [3.63, 3.8) is 0 Å². The fourth-order valence-corrected chi connectivity index (χ4v) is 3.71. The van der Waals surface area contributed by atoms with Crippen LogP contribution in [0.5, 0.6) is 0 Å². The maximum absolute atomic E-state index is 4.43. The fourth-order valence-electron chi connectivity index (χ4n) is 3.71. The van der Waals surface area contributed by atoms with Gasteiger partial charge in [0.2, 0.25) is 0 Å². The Labute approximate surface area is 122 Å². The highest BCUT2D eigenvalue weighted by Crippen LogP contribution is 2.25. The zero-order valence-corrected chi connectivity index (χ0v) is 12.7. The third-order valence-corrected chi connectivity index (χ3v) is 4.86. The van der Waals surface area contributed by atoms with Gasteiger partial charge in [-0.3, -0.25) is 0 Å². The minimum absolute atomic E-state index is 0.535. The first-order chi connectivity index (χ1) is 9.84. The van der Waals surface area contributed by atoms with Crippen LogP contribution in [0.3, 0.4) is 0 Å². The summed E-state index contributed by atoms with van der Waals surface area (Å²) in [5, 5.41) is 3.52. The predicted molar refractivity (Wildman–Crippen MR) is 82.1 cm³/mol. The number of aromatic nitrogens is 2. The highest BCUT2D eigenvalue weighted by atomic mass is 15.2. The maximum Gasteiger partial charge on any atom is 0.0951 e. The second-order valence-corrected chi connectivity index (χ2v) is 6.48. The number of nitrogens with zero attached hydrogens (tertiary/aromatic N) is 3. The third-order valence-electron chi connectivity index (χ3n) is 4.86. The first kappa shape index (κ1) is 14.1. The molecule has 0 aliphatic carbocycles. The van der Waals surface area contributed by atoms with Crippen molar-refractivity contribution in [1.29, 1.82) is 0 Å². The molecule has 3 heterocycles. The summed E-state index contributed by atoms with van der Waals surface area (Å²) in [6, 6.07) is 0.535. The molecule has 0 amide bonds. The van der Waals surface area contributed by atoms with E-state index < -0.39 is 0 Å². The summed E-state index contributed by atoms with van der Waals surface area (Å²) in [4.78, 5) is 7.05. The van der Waals surface area contributed by atoms with Crippen LogP contribution in [0.1, 0.15) is 56.7 Å². The molecule has 2 aliphatic rings. The molecule has 2 unspecified atom stereocenters. The van der Waals surface area contributed by atoms with Gasteiger partial charge in [0.25, 0.3) is 0 Å². The van der Waals surface area contributed by atoms with Crippen LogP contribution in [0.25, 0.3) is 0 Å². The number of hydrogen-bond donors (Lipinski definition) is 1. The topological polar surface area (TPSA) is 33.1 Å². The number of imidazole rings is 1. The Morgan fingerprint density at radius 1 is 1.30 bits per heavy atom. The van der Waals surface area contributed by atoms with E-state index in [0.717, 1.165) is 6.54 Å². The quantitative estimate of drug-likeness (QED) is 0.916. The second-order valence-electron chi connectivity index (χ2n) is 6.48. The van der Waals surface area contributed by atoms with E-state index in [9.17, 15) is 0 Å². The van der Waals surface area contributed by atoms with Crippen molar-refractivity contribution in [2.45, 2.75) is 51.0 Å². The Morgan fingerprint density at radius 2 is 2.15 bits per heavy atom. The van der Waals surface area contributed by atoms with Gasteiger partial charge in [-0.25, -0.2) is 4.98 Å².